The molecule has 2 aromatic carbocycles. The predicted octanol–water partition coefficient (Wildman–Crippen LogP) is 3.77. The Morgan fingerprint density at radius 1 is 1.05 bits per heavy atom. The molecule has 2 nitrogen and oxygen atoms in total. The minimum atomic E-state index is -4.45. The molecule has 21 heavy (non-hydrogen) atoms. The van der Waals surface area contributed by atoms with Gasteiger partial charge in [-0.15, -0.1) is 11.6 Å². The van der Waals surface area contributed by atoms with E-state index in [2.05, 4.69) is 0 Å². The number of carbonyl (C=O) groups is 2. The van der Waals surface area contributed by atoms with Crippen molar-refractivity contribution in [3.8, 4) is 0 Å². The summed E-state index contributed by atoms with van der Waals surface area (Å²) in [6, 6.07) is 6.25. The molecule has 0 aromatic heterocycles. The molecular formula is C15H8ClF3O2. The molecule has 0 aliphatic heterocycles. The Labute approximate surface area is 122 Å². The molecule has 0 spiro atoms. The molecule has 0 amide bonds. The molecule has 0 saturated carbocycles. The minimum Gasteiger partial charge on any atom is -0.297 e. The number of rotatable bonds is 0. The summed E-state index contributed by atoms with van der Waals surface area (Å²) in [5.41, 5.74) is -0.0488. The van der Waals surface area contributed by atoms with Crippen LogP contribution in [0.5, 0.6) is 0 Å². The number of Topliss-reactive ketones (excluding diaryl/α,β-unsaturated/α-hetero) is 2. The van der Waals surface area contributed by atoms with Gasteiger partial charge >= 0.3 is 6.18 Å². The van der Waals surface area contributed by atoms with Gasteiger partial charge < -0.3 is 0 Å². The van der Waals surface area contributed by atoms with Crippen molar-refractivity contribution >= 4 is 33.9 Å². The van der Waals surface area contributed by atoms with Crippen LogP contribution in [0.2, 0.25) is 0 Å². The number of fused-ring (bicyclic) bond motifs is 2. The van der Waals surface area contributed by atoms with Gasteiger partial charge in [-0.25, -0.2) is 0 Å². The lowest BCUT2D eigenvalue weighted by atomic mass is 9.87. The number of benzene rings is 2. The highest BCUT2D eigenvalue weighted by Crippen LogP contribution is 2.33. The van der Waals surface area contributed by atoms with Gasteiger partial charge in [0.2, 0.25) is 0 Å². The first-order valence-electron chi connectivity index (χ1n) is 6.12. The fourth-order valence-electron chi connectivity index (χ4n) is 2.46. The van der Waals surface area contributed by atoms with E-state index in [0.717, 1.165) is 12.1 Å². The largest absolute Gasteiger partial charge is 0.416 e. The van der Waals surface area contributed by atoms with Crippen LogP contribution in [-0.4, -0.2) is 16.9 Å². The maximum Gasteiger partial charge on any atom is 0.416 e. The van der Waals surface area contributed by atoms with Crippen molar-refractivity contribution in [2.45, 2.75) is 18.0 Å². The normalized spacial score (nSPS) is 19.0. The molecular weight excluding hydrogens is 305 g/mol. The molecule has 0 saturated heterocycles. The second-order valence-corrected chi connectivity index (χ2v) is 5.38. The van der Waals surface area contributed by atoms with E-state index in [0.29, 0.717) is 16.3 Å². The lowest BCUT2D eigenvalue weighted by Gasteiger charge is -2.19. The molecule has 2 aromatic rings. The molecule has 0 fully saturated rings. The number of ketones is 2. The van der Waals surface area contributed by atoms with Crippen LogP contribution in [-0.2, 0) is 17.4 Å². The van der Waals surface area contributed by atoms with E-state index in [1.165, 1.54) is 12.1 Å². The van der Waals surface area contributed by atoms with Crippen LogP contribution in [0.4, 0.5) is 13.2 Å². The Morgan fingerprint density at radius 3 is 2.43 bits per heavy atom. The molecule has 1 aliphatic carbocycles. The number of carbonyl (C=O) groups excluding carboxylic acids is 2. The van der Waals surface area contributed by atoms with Crippen LogP contribution in [0.15, 0.2) is 30.3 Å². The van der Waals surface area contributed by atoms with Crippen LogP contribution in [0.25, 0.3) is 10.8 Å². The van der Waals surface area contributed by atoms with Gasteiger partial charge in [0.25, 0.3) is 0 Å². The number of halogens is 4. The van der Waals surface area contributed by atoms with Gasteiger partial charge in [0.15, 0.2) is 16.9 Å². The van der Waals surface area contributed by atoms with Crippen molar-refractivity contribution in [2.75, 3.05) is 0 Å². The Balaban J connectivity index is 2.21. The van der Waals surface area contributed by atoms with Gasteiger partial charge in [0.05, 0.1) is 5.56 Å². The van der Waals surface area contributed by atoms with Crippen molar-refractivity contribution in [3.05, 3.63) is 47.0 Å². The molecule has 0 heterocycles. The van der Waals surface area contributed by atoms with Crippen molar-refractivity contribution in [1.82, 2.24) is 0 Å². The minimum absolute atomic E-state index is 0.0200. The van der Waals surface area contributed by atoms with Gasteiger partial charge in [-0.05, 0) is 40.6 Å². The molecule has 1 atom stereocenters. The van der Waals surface area contributed by atoms with E-state index >= 15 is 0 Å². The smallest absolute Gasteiger partial charge is 0.297 e. The summed E-state index contributed by atoms with van der Waals surface area (Å²) < 4.78 is 38.1. The van der Waals surface area contributed by atoms with Crippen LogP contribution >= 0.6 is 11.6 Å². The standard InChI is InChI=1S/C15H8ClF3O2/c16-13-12(20)6-9-3-7-1-2-10(15(17,18)19)4-8(7)5-11(9)14(13)21/h1-5,13H,6H2. The lowest BCUT2D eigenvalue weighted by molar-refractivity contribution is -0.137. The first kappa shape index (κ1) is 14.1. The van der Waals surface area contributed by atoms with Gasteiger partial charge in [-0.3, -0.25) is 9.59 Å². The topological polar surface area (TPSA) is 34.1 Å². The van der Waals surface area contributed by atoms with E-state index in [9.17, 15) is 22.8 Å². The van der Waals surface area contributed by atoms with Gasteiger partial charge in [0.1, 0.15) is 0 Å². The zero-order valence-electron chi connectivity index (χ0n) is 10.5. The number of hydrogen-bond donors (Lipinski definition) is 0. The first-order chi connectivity index (χ1) is 9.77. The Hall–Kier alpha value is -1.88. The molecule has 3 rings (SSSR count). The van der Waals surface area contributed by atoms with E-state index in [1.807, 2.05) is 0 Å². The summed E-state index contributed by atoms with van der Waals surface area (Å²) in [6.45, 7) is 0. The fourth-order valence-corrected chi connectivity index (χ4v) is 2.65. The third-order valence-electron chi connectivity index (χ3n) is 3.53. The summed E-state index contributed by atoms with van der Waals surface area (Å²) in [4.78, 5) is 23.6. The van der Waals surface area contributed by atoms with E-state index in [-0.39, 0.29) is 17.8 Å². The summed E-state index contributed by atoms with van der Waals surface area (Å²) >= 11 is 5.72. The molecule has 6 heteroatoms. The van der Waals surface area contributed by atoms with Crippen LogP contribution in [0.3, 0.4) is 0 Å². The monoisotopic (exact) mass is 312 g/mol. The quantitative estimate of drug-likeness (QED) is 0.548. The lowest BCUT2D eigenvalue weighted by Crippen LogP contribution is -2.32. The van der Waals surface area contributed by atoms with Gasteiger partial charge in [0, 0.05) is 12.0 Å². The van der Waals surface area contributed by atoms with Crippen molar-refractivity contribution in [1.29, 1.82) is 0 Å². The molecule has 0 radical (unpaired) electrons. The summed E-state index contributed by atoms with van der Waals surface area (Å²) in [5, 5.41) is -0.397. The second kappa shape index (κ2) is 4.56. The highest BCUT2D eigenvalue weighted by Gasteiger charge is 2.34. The molecule has 0 bridgehead atoms. The molecule has 1 unspecified atom stereocenters. The zero-order valence-corrected chi connectivity index (χ0v) is 11.3. The van der Waals surface area contributed by atoms with Crippen LogP contribution in [0.1, 0.15) is 21.5 Å². The summed E-state index contributed by atoms with van der Waals surface area (Å²) in [5.74, 6) is -0.942. The molecule has 0 N–H and O–H groups in total. The number of hydrogen-bond acceptors (Lipinski definition) is 2. The molecule has 1 aliphatic rings. The first-order valence-corrected chi connectivity index (χ1v) is 6.56. The SMILES string of the molecule is O=C1Cc2cc3ccc(C(F)(F)F)cc3cc2C(=O)C1Cl. The third-order valence-corrected chi connectivity index (χ3v) is 3.97. The Bertz CT molecular complexity index is 780. The second-order valence-electron chi connectivity index (χ2n) is 4.94. The van der Waals surface area contributed by atoms with Crippen molar-refractivity contribution in [2.24, 2.45) is 0 Å². The average Bonchev–Trinajstić information content (AvgIpc) is 2.42. The summed E-state index contributed by atoms with van der Waals surface area (Å²) in [6.07, 6.45) is -4.43. The Kier molecular flexibility index (Phi) is 3.06. The van der Waals surface area contributed by atoms with Crippen LogP contribution < -0.4 is 0 Å². The number of alkyl halides is 4. The average molecular weight is 313 g/mol. The van der Waals surface area contributed by atoms with E-state index < -0.39 is 22.9 Å². The van der Waals surface area contributed by atoms with Crippen molar-refractivity contribution in [3.63, 3.8) is 0 Å². The summed E-state index contributed by atoms with van der Waals surface area (Å²) in [7, 11) is 0. The predicted molar refractivity (Wildman–Crippen MR) is 71.6 cm³/mol. The fraction of sp³-hybridized carbons (Fsp3) is 0.200. The maximum absolute atomic E-state index is 12.7. The van der Waals surface area contributed by atoms with E-state index in [4.69, 9.17) is 11.6 Å². The Morgan fingerprint density at radius 2 is 1.76 bits per heavy atom. The van der Waals surface area contributed by atoms with E-state index in [1.54, 1.807) is 6.07 Å². The van der Waals surface area contributed by atoms with Gasteiger partial charge in [-0.1, -0.05) is 6.07 Å². The third kappa shape index (κ3) is 2.31. The highest BCUT2D eigenvalue weighted by atomic mass is 35.5. The van der Waals surface area contributed by atoms with Crippen molar-refractivity contribution < 1.29 is 22.8 Å². The van der Waals surface area contributed by atoms with Crippen LogP contribution in [0, 0.1) is 0 Å². The molecule has 108 valence electrons. The highest BCUT2D eigenvalue weighted by molar-refractivity contribution is 6.46. The maximum atomic E-state index is 12.7. The zero-order chi connectivity index (χ0) is 15.4. The van der Waals surface area contributed by atoms with Gasteiger partial charge in [-0.2, -0.15) is 13.2 Å².